The molecule has 0 spiro atoms. The summed E-state index contributed by atoms with van der Waals surface area (Å²) >= 11 is 0. The summed E-state index contributed by atoms with van der Waals surface area (Å²) in [5.41, 5.74) is 3.28. The lowest BCUT2D eigenvalue weighted by molar-refractivity contribution is 0.0792. The van der Waals surface area contributed by atoms with Crippen LogP contribution in [-0.2, 0) is 16.4 Å². The summed E-state index contributed by atoms with van der Waals surface area (Å²) in [5.74, 6) is 0.0464. The summed E-state index contributed by atoms with van der Waals surface area (Å²) in [6, 6.07) is 12.3. The number of fused-ring (bicyclic) bond motifs is 1. The molecular weight excluding hydrogens is 348 g/mol. The maximum absolute atomic E-state index is 13.0. The van der Waals surface area contributed by atoms with Gasteiger partial charge in [0.15, 0.2) is 0 Å². The minimum atomic E-state index is -3.58. The van der Waals surface area contributed by atoms with Crippen LogP contribution < -0.4 is 4.31 Å². The molecule has 6 heteroatoms. The number of hydrogen-bond acceptors (Lipinski definition) is 3. The fourth-order valence-electron chi connectivity index (χ4n) is 3.69. The first-order chi connectivity index (χ1) is 12.5. The van der Waals surface area contributed by atoms with Crippen molar-refractivity contribution in [3.8, 4) is 0 Å². The molecule has 1 saturated heterocycles. The van der Waals surface area contributed by atoms with Crippen molar-refractivity contribution in [2.45, 2.75) is 31.1 Å². The van der Waals surface area contributed by atoms with E-state index in [1.54, 1.807) is 24.3 Å². The maximum Gasteiger partial charge on any atom is 0.264 e. The van der Waals surface area contributed by atoms with Gasteiger partial charge in [-0.1, -0.05) is 17.7 Å². The fourth-order valence-corrected chi connectivity index (χ4v) is 5.20. The average Bonchev–Trinajstić information content (AvgIpc) is 3.31. The molecule has 1 fully saturated rings. The van der Waals surface area contributed by atoms with E-state index in [1.165, 1.54) is 4.31 Å². The number of anilines is 1. The van der Waals surface area contributed by atoms with Crippen molar-refractivity contribution in [2.75, 3.05) is 23.9 Å². The first-order valence-electron chi connectivity index (χ1n) is 8.98. The third kappa shape index (κ3) is 2.88. The molecule has 1 amide bonds. The summed E-state index contributed by atoms with van der Waals surface area (Å²) in [6.07, 6.45) is 2.74. The van der Waals surface area contributed by atoms with Crippen molar-refractivity contribution in [3.05, 3.63) is 59.2 Å². The Bertz CT molecular complexity index is 946. The van der Waals surface area contributed by atoms with Gasteiger partial charge in [-0.15, -0.1) is 0 Å². The second kappa shape index (κ2) is 6.43. The third-order valence-electron chi connectivity index (χ3n) is 5.18. The van der Waals surface area contributed by atoms with E-state index >= 15 is 0 Å². The van der Waals surface area contributed by atoms with Gasteiger partial charge < -0.3 is 4.90 Å². The zero-order valence-electron chi connectivity index (χ0n) is 14.8. The molecule has 2 aromatic carbocycles. The molecule has 136 valence electrons. The minimum absolute atomic E-state index is 0.0464. The largest absolute Gasteiger partial charge is 0.339 e. The average molecular weight is 370 g/mol. The highest BCUT2D eigenvalue weighted by molar-refractivity contribution is 7.92. The number of rotatable bonds is 3. The Morgan fingerprint density at radius 2 is 1.65 bits per heavy atom. The first kappa shape index (κ1) is 17.1. The van der Waals surface area contributed by atoms with E-state index in [9.17, 15) is 13.2 Å². The standard InChI is InChI=1S/C20H22N2O3S/c1-15-4-7-18(8-5-15)26(24,25)22-13-10-16-14-17(6-9-19(16)22)20(23)21-11-2-3-12-21/h4-9,14H,2-3,10-13H2,1H3. The van der Waals surface area contributed by atoms with E-state index in [1.807, 2.05) is 30.0 Å². The van der Waals surface area contributed by atoms with Crippen molar-refractivity contribution in [3.63, 3.8) is 0 Å². The van der Waals surface area contributed by atoms with Gasteiger partial charge in [0, 0.05) is 25.2 Å². The summed E-state index contributed by atoms with van der Waals surface area (Å²) in [6.45, 7) is 3.96. The first-order valence-corrected chi connectivity index (χ1v) is 10.4. The molecule has 5 nitrogen and oxygen atoms in total. The number of aryl methyl sites for hydroxylation is 1. The van der Waals surface area contributed by atoms with Crippen LogP contribution in [0.4, 0.5) is 5.69 Å². The number of carbonyl (C=O) groups is 1. The number of sulfonamides is 1. The van der Waals surface area contributed by atoms with Crippen LogP contribution in [0.2, 0.25) is 0 Å². The van der Waals surface area contributed by atoms with Crippen molar-refractivity contribution < 1.29 is 13.2 Å². The van der Waals surface area contributed by atoms with Crippen LogP contribution in [0.3, 0.4) is 0 Å². The normalized spacial score (nSPS) is 16.8. The Morgan fingerprint density at radius 1 is 0.962 bits per heavy atom. The molecule has 2 aromatic rings. The number of hydrogen-bond donors (Lipinski definition) is 0. The van der Waals surface area contributed by atoms with E-state index in [0.717, 1.165) is 37.1 Å². The number of benzene rings is 2. The van der Waals surface area contributed by atoms with Crippen LogP contribution in [0.25, 0.3) is 0 Å². The van der Waals surface area contributed by atoms with Crippen LogP contribution in [0.5, 0.6) is 0 Å². The molecule has 0 radical (unpaired) electrons. The van der Waals surface area contributed by atoms with Gasteiger partial charge in [0.2, 0.25) is 0 Å². The van der Waals surface area contributed by atoms with E-state index < -0.39 is 10.0 Å². The monoisotopic (exact) mass is 370 g/mol. The number of nitrogens with zero attached hydrogens (tertiary/aromatic N) is 2. The van der Waals surface area contributed by atoms with E-state index in [2.05, 4.69) is 0 Å². The molecule has 2 aliphatic rings. The van der Waals surface area contributed by atoms with E-state index in [0.29, 0.717) is 29.1 Å². The highest BCUT2D eigenvalue weighted by Crippen LogP contribution is 2.34. The van der Waals surface area contributed by atoms with Gasteiger partial charge in [0.25, 0.3) is 15.9 Å². The lowest BCUT2D eigenvalue weighted by Crippen LogP contribution is -2.29. The zero-order valence-corrected chi connectivity index (χ0v) is 15.6. The summed E-state index contributed by atoms with van der Waals surface area (Å²) < 4.78 is 27.4. The van der Waals surface area contributed by atoms with E-state index in [4.69, 9.17) is 0 Å². The lowest BCUT2D eigenvalue weighted by Gasteiger charge is -2.20. The van der Waals surface area contributed by atoms with Crippen molar-refractivity contribution in [1.82, 2.24) is 4.90 Å². The third-order valence-corrected chi connectivity index (χ3v) is 7.01. The van der Waals surface area contributed by atoms with Gasteiger partial charge in [0.1, 0.15) is 0 Å². The van der Waals surface area contributed by atoms with Gasteiger partial charge in [-0.25, -0.2) is 8.42 Å². The molecule has 26 heavy (non-hydrogen) atoms. The Balaban J connectivity index is 1.64. The quantitative estimate of drug-likeness (QED) is 0.835. The smallest absolute Gasteiger partial charge is 0.264 e. The van der Waals surface area contributed by atoms with Gasteiger partial charge in [-0.2, -0.15) is 0 Å². The highest BCUT2D eigenvalue weighted by atomic mass is 32.2. The molecule has 0 aromatic heterocycles. The van der Waals surface area contributed by atoms with Crippen LogP contribution in [0, 0.1) is 6.92 Å². The molecule has 0 atom stereocenters. The Kier molecular flexibility index (Phi) is 4.23. The topological polar surface area (TPSA) is 57.7 Å². The second-order valence-electron chi connectivity index (χ2n) is 6.98. The molecule has 0 saturated carbocycles. The molecule has 2 heterocycles. The summed E-state index contributed by atoms with van der Waals surface area (Å²) in [7, 11) is -3.58. The van der Waals surface area contributed by atoms with Crippen LogP contribution in [0.1, 0.15) is 34.3 Å². The fraction of sp³-hybridized carbons (Fsp3) is 0.350. The van der Waals surface area contributed by atoms with Gasteiger partial charge in [-0.3, -0.25) is 9.10 Å². The maximum atomic E-state index is 13.0. The molecule has 0 unspecified atom stereocenters. The Labute approximate surface area is 154 Å². The predicted molar refractivity (Wildman–Crippen MR) is 101 cm³/mol. The minimum Gasteiger partial charge on any atom is -0.339 e. The second-order valence-corrected chi connectivity index (χ2v) is 8.85. The van der Waals surface area contributed by atoms with Crippen molar-refractivity contribution >= 4 is 21.6 Å². The molecule has 0 N–H and O–H groups in total. The Hall–Kier alpha value is -2.34. The van der Waals surface area contributed by atoms with Crippen LogP contribution in [-0.4, -0.2) is 38.9 Å². The van der Waals surface area contributed by atoms with Crippen molar-refractivity contribution in [2.24, 2.45) is 0 Å². The Morgan fingerprint density at radius 3 is 2.35 bits per heavy atom. The molecule has 2 aliphatic heterocycles. The van der Waals surface area contributed by atoms with Crippen LogP contribution in [0.15, 0.2) is 47.4 Å². The summed E-state index contributed by atoms with van der Waals surface area (Å²) in [4.78, 5) is 14.7. The SMILES string of the molecule is Cc1ccc(S(=O)(=O)N2CCc3cc(C(=O)N4CCCC4)ccc32)cc1. The lowest BCUT2D eigenvalue weighted by atomic mass is 10.1. The number of amides is 1. The predicted octanol–water partition coefficient (Wildman–Crippen LogP) is 2.98. The molecule has 0 aliphatic carbocycles. The summed E-state index contributed by atoms with van der Waals surface area (Å²) in [5, 5.41) is 0. The highest BCUT2D eigenvalue weighted by Gasteiger charge is 2.31. The zero-order chi connectivity index (χ0) is 18.3. The molecule has 0 bridgehead atoms. The number of likely N-dealkylation sites (tertiary alicyclic amines) is 1. The molecule has 4 rings (SSSR count). The van der Waals surface area contributed by atoms with Crippen molar-refractivity contribution in [1.29, 1.82) is 0 Å². The van der Waals surface area contributed by atoms with Gasteiger partial charge in [0.05, 0.1) is 10.6 Å². The van der Waals surface area contributed by atoms with Gasteiger partial charge in [-0.05, 0) is 62.1 Å². The van der Waals surface area contributed by atoms with E-state index in [-0.39, 0.29) is 5.91 Å². The number of carbonyl (C=O) groups excluding carboxylic acids is 1. The molecular formula is C20H22N2O3S. The van der Waals surface area contributed by atoms with Gasteiger partial charge >= 0.3 is 0 Å². The van der Waals surface area contributed by atoms with Crippen LogP contribution >= 0.6 is 0 Å².